The number of ether oxygens (including phenoxy) is 2. The van der Waals surface area contributed by atoms with Crippen molar-refractivity contribution in [3.63, 3.8) is 0 Å². The Morgan fingerprint density at radius 3 is 2.57 bits per heavy atom. The minimum Gasteiger partial charge on any atom is -0.497 e. The summed E-state index contributed by atoms with van der Waals surface area (Å²) in [4.78, 5) is 9.56. The molecule has 1 unspecified atom stereocenters. The summed E-state index contributed by atoms with van der Waals surface area (Å²) in [5.41, 5.74) is 1.21. The zero-order chi connectivity index (χ0) is 21.3. The summed E-state index contributed by atoms with van der Waals surface area (Å²) in [5, 5.41) is 6.91. The van der Waals surface area contributed by atoms with E-state index in [0.29, 0.717) is 0 Å². The highest BCUT2D eigenvalue weighted by Crippen LogP contribution is 2.22. The Hall–Kier alpha value is -1.10. The number of halogens is 1. The lowest BCUT2D eigenvalue weighted by molar-refractivity contribution is -0.00684. The topological polar surface area (TPSA) is 61.4 Å². The van der Waals surface area contributed by atoms with E-state index < -0.39 is 0 Å². The largest absolute Gasteiger partial charge is 0.497 e. The van der Waals surface area contributed by atoms with Gasteiger partial charge in [-0.25, -0.2) is 0 Å². The first-order chi connectivity index (χ1) is 13.9. The minimum absolute atomic E-state index is 0. The molecular formula is C22H40IN5O2. The molecule has 1 aliphatic heterocycles. The third kappa shape index (κ3) is 8.20. The summed E-state index contributed by atoms with van der Waals surface area (Å²) in [6.45, 7) is 12.4. The summed E-state index contributed by atoms with van der Waals surface area (Å²) in [5.74, 6) is 1.73. The fourth-order valence-corrected chi connectivity index (χ4v) is 3.52. The molecule has 0 radical (unpaired) electrons. The highest BCUT2D eigenvalue weighted by Gasteiger charge is 2.28. The highest BCUT2D eigenvalue weighted by atomic mass is 127. The number of morpholine rings is 1. The lowest BCUT2D eigenvalue weighted by atomic mass is 10.0. The van der Waals surface area contributed by atoms with Crippen LogP contribution in [0.4, 0.5) is 0 Å². The van der Waals surface area contributed by atoms with Gasteiger partial charge in [0.15, 0.2) is 5.96 Å². The summed E-state index contributed by atoms with van der Waals surface area (Å²) < 4.78 is 10.9. The van der Waals surface area contributed by atoms with Gasteiger partial charge in [-0.05, 0) is 52.6 Å². The van der Waals surface area contributed by atoms with Gasteiger partial charge < -0.3 is 25.0 Å². The molecule has 1 aromatic rings. The summed E-state index contributed by atoms with van der Waals surface area (Å²) in [6.07, 6.45) is 0. The van der Waals surface area contributed by atoms with Crippen LogP contribution in [0.2, 0.25) is 0 Å². The van der Waals surface area contributed by atoms with Crippen molar-refractivity contribution in [1.29, 1.82) is 0 Å². The van der Waals surface area contributed by atoms with Gasteiger partial charge in [0, 0.05) is 31.7 Å². The molecule has 1 saturated heterocycles. The first-order valence-corrected chi connectivity index (χ1v) is 10.5. The van der Waals surface area contributed by atoms with Gasteiger partial charge in [0.2, 0.25) is 0 Å². The molecule has 0 aliphatic carbocycles. The summed E-state index contributed by atoms with van der Waals surface area (Å²) in [6, 6.07) is 8.46. The van der Waals surface area contributed by atoms with Gasteiger partial charge in [-0.2, -0.15) is 0 Å². The molecular weight excluding hydrogens is 493 g/mol. The van der Waals surface area contributed by atoms with Gasteiger partial charge in [0.05, 0.1) is 32.9 Å². The number of benzene rings is 1. The van der Waals surface area contributed by atoms with E-state index in [0.717, 1.165) is 57.6 Å². The number of aliphatic imine (C=N–C) groups is 1. The second-order valence-electron chi connectivity index (χ2n) is 8.24. The van der Waals surface area contributed by atoms with E-state index in [-0.39, 0.29) is 35.6 Å². The molecule has 1 aliphatic rings. The van der Waals surface area contributed by atoms with Crippen LogP contribution in [0.15, 0.2) is 29.3 Å². The second-order valence-corrected chi connectivity index (χ2v) is 8.24. The predicted octanol–water partition coefficient (Wildman–Crippen LogP) is 2.58. The molecule has 0 spiro atoms. The van der Waals surface area contributed by atoms with E-state index in [4.69, 9.17) is 14.5 Å². The molecule has 1 heterocycles. The van der Waals surface area contributed by atoms with Crippen LogP contribution in [0.5, 0.6) is 5.75 Å². The van der Waals surface area contributed by atoms with E-state index in [9.17, 15) is 0 Å². The van der Waals surface area contributed by atoms with Crippen LogP contribution in [0.3, 0.4) is 0 Å². The lowest BCUT2D eigenvalue weighted by Gasteiger charge is -2.40. The molecule has 0 saturated carbocycles. The molecule has 2 rings (SSSR count). The Balaban J connectivity index is 0.00000450. The molecule has 2 N–H and O–H groups in total. The van der Waals surface area contributed by atoms with Crippen molar-refractivity contribution in [2.75, 3.05) is 67.1 Å². The number of guanidine groups is 1. The molecule has 1 fully saturated rings. The van der Waals surface area contributed by atoms with Gasteiger partial charge in [-0.15, -0.1) is 24.0 Å². The molecule has 0 bridgehead atoms. The van der Waals surface area contributed by atoms with Crippen LogP contribution in [-0.2, 0) is 4.74 Å². The summed E-state index contributed by atoms with van der Waals surface area (Å²) in [7, 11) is 5.89. The minimum atomic E-state index is -0.000122. The quantitative estimate of drug-likeness (QED) is 0.289. The van der Waals surface area contributed by atoms with Gasteiger partial charge in [-0.1, -0.05) is 12.1 Å². The Morgan fingerprint density at radius 2 is 1.97 bits per heavy atom. The standard InChI is InChI=1S/C22H39N5O2.HI/c1-7-23-21(25-17-22(2,3)27-11-13-29-14-12-27)24-16-20(26(4)5)18-9-8-10-19(15-18)28-6;/h8-10,15,20H,7,11-14,16-17H2,1-6H3,(H2,23,24,25);1H. The Morgan fingerprint density at radius 1 is 1.27 bits per heavy atom. The average molecular weight is 533 g/mol. The number of hydrogen-bond acceptors (Lipinski definition) is 5. The number of hydrogen-bond donors (Lipinski definition) is 2. The van der Waals surface area contributed by atoms with Crippen LogP contribution in [-0.4, -0.2) is 88.4 Å². The maximum absolute atomic E-state index is 5.49. The van der Waals surface area contributed by atoms with Crippen LogP contribution in [0.1, 0.15) is 32.4 Å². The highest BCUT2D eigenvalue weighted by molar-refractivity contribution is 14.0. The molecule has 8 heteroatoms. The Kier molecular flexibility index (Phi) is 12.0. The van der Waals surface area contributed by atoms with Crippen molar-refractivity contribution < 1.29 is 9.47 Å². The van der Waals surface area contributed by atoms with Crippen LogP contribution in [0, 0.1) is 0 Å². The van der Waals surface area contributed by atoms with Crippen molar-refractivity contribution in [2.45, 2.75) is 32.4 Å². The fourth-order valence-electron chi connectivity index (χ4n) is 3.52. The molecule has 30 heavy (non-hydrogen) atoms. The van der Waals surface area contributed by atoms with Gasteiger partial charge in [-0.3, -0.25) is 9.89 Å². The Bertz CT molecular complexity index is 648. The molecule has 172 valence electrons. The predicted molar refractivity (Wildman–Crippen MR) is 135 cm³/mol. The number of likely N-dealkylation sites (N-methyl/N-ethyl adjacent to an activating group) is 1. The zero-order valence-electron chi connectivity index (χ0n) is 19.4. The second kappa shape index (κ2) is 13.3. The number of nitrogens with one attached hydrogen (secondary N) is 2. The lowest BCUT2D eigenvalue weighted by Crippen LogP contribution is -2.52. The monoisotopic (exact) mass is 533 g/mol. The van der Waals surface area contributed by atoms with E-state index >= 15 is 0 Å². The van der Waals surface area contributed by atoms with Crippen molar-refractivity contribution in [3.8, 4) is 5.75 Å². The molecule has 1 aromatic carbocycles. The fraction of sp³-hybridized carbons (Fsp3) is 0.682. The van der Waals surface area contributed by atoms with Crippen molar-refractivity contribution in [2.24, 2.45) is 4.99 Å². The first kappa shape index (κ1) is 26.9. The van der Waals surface area contributed by atoms with Gasteiger partial charge in [0.1, 0.15) is 5.75 Å². The van der Waals surface area contributed by atoms with Crippen molar-refractivity contribution in [3.05, 3.63) is 29.8 Å². The molecule has 0 aromatic heterocycles. The molecule has 1 atom stereocenters. The van der Waals surface area contributed by atoms with Crippen LogP contribution in [0.25, 0.3) is 0 Å². The number of nitrogens with zero attached hydrogens (tertiary/aromatic N) is 3. The van der Waals surface area contributed by atoms with E-state index in [1.165, 1.54) is 5.56 Å². The SMILES string of the molecule is CCNC(=NCC(C)(C)N1CCOCC1)NCC(c1cccc(OC)c1)N(C)C.I. The van der Waals surface area contributed by atoms with Crippen molar-refractivity contribution in [1.82, 2.24) is 20.4 Å². The van der Waals surface area contributed by atoms with Crippen LogP contribution < -0.4 is 15.4 Å². The number of rotatable bonds is 9. The third-order valence-corrected chi connectivity index (χ3v) is 5.40. The van der Waals surface area contributed by atoms with Gasteiger partial charge >= 0.3 is 0 Å². The maximum Gasteiger partial charge on any atom is 0.191 e. The average Bonchev–Trinajstić information content (AvgIpc) is 2.72. The normalized spacial score (nSPS) is 16.7. The van der Waals surface area contributed by atoms with Crippen LogP contribution >= 0.6 is 24.0 Å². The number of methoxy groups -OCH3 is 1. The zero-order valence-corrected chi connectivity index (χ0v) is 21.7. The summed E-state index contributed by atoms with van der Waals surface area (Å²) >= 11 is 0. The molecule has 0 amide bonds. The molecule has 7 nitrogen and oxygen atoms in total. The maximum atomic E-state index is 5.49. The van der Waals surface area contributed by atoms with E-state index in [2.05, 4.69) is 67.4 Å². The Labute approximate surface area is 199 Å². The third-order valence-electron chi connectivity index (χ3n) is 5.40. The first-order valence-electron chi connectivity index (χ1n) is 10.5. The van der Waals surface area contributed by atoms with Gasteiger partial charge in [0.25, 0.3) is 0 Å². The smallest absolute Gasteiger partial charge is 0.191 e. The van der Waals surface area contributed by atoms with E-state index in [1.807, 2.05) is 12.1 Å². The van der Waals surface area contributed by atoms with E-state index in [1.54, 1.807) is 7.11 Å². The van der Waals surface area contributed by atoms with Crippen molar-refractivity contribution >= 4 is 29.9 Å².